The van der Waals surface area contributed by atoms with Gasteiger partial charge in [-0.05, 0) is 25.0 Å². The summed E-state index contributed by atoms with van der Waals surface area (Å²) in [6.45, 7) is 5.54. The predicted octanol–water partition coefficient (Wildman–Crippen LogP) is 2.25. The highest BCUT2D eigenvalue weighted by atomic mass is 16.5. The number of para-hydroxylation sites is 1. The molecule has 0 atom stereocenters. The molecule has 0 saturated heterocycles. The molecule has 0 radical (unpaired) electrons. The molecule has 0 aliphatic heterocycles. The van der Waals surface area contributed by atoms with Crippen molar-refractivity contribution in [3.8, 4) is 5.75 Å². The van der Waals surface area contributed by atoms with E-state index in [-0.39, 0.29) is 11.7 Å². The summed E-state index contributed by atoms with van der Waals surface area (Å²) in [6.07, 6.45) is 2.14. The van der Waals surface area contributed by atoms with Crippen molar-refractivity contribution in [3.05, 3.63) is 29.3 Å². The first kappa shape index (κ1) is 14.5. The summed E-state index contributed by atoms with van der Waals surface area (Å²) in [6, 6.07) is 5.12. The van der Waals surface area contributed by atoms with Crippen LogP contribution in [0.5, 0.6) is 5.75 Å². The Morgan fingerprint density at radius 2 is 2.17 bits per heavy atom. The Morgan fingerprint density at radius 1 is 1.39 bits per heavy atom. The molecule has 0 heterocycles. The second-order valence-corrected chi connectivity index (χ2v) is 4.19. The van der Waals surface area contributed by atoms with E-state index >= 15 is 0 Å². The second kappa shape index (κ2) is 7.71. The van der Waals surface area contributed by atoms with Crippen LogP contribution in [0.25, 0.3) is 0 Å². The smallest absolute Gasteiger partial charge is 0.255 e. The molecule has 100 valence electrons. The summed E-state index contributed by atoms with van der Waals surface area (Å²) in [7, 11) is 0. The van der Waals surface area contributed by atoms with Crippen LogP contribution in [0.3, 0.4) is 0 Å². The van der Waals surface area contributed by atoms with E-state index in [1.54, 1.807) is 25.1 Å². The molecule has 0 aromatic heterocycles. The molecule has 4 heteroatoms. The fourth-order valence-corrected chi connectivity index (χ4v) is 1.52. The number of carbonyl (C=O) groups is 1. The Morgan fingerprint density at radius 3 is 2.89 bits per heavy atom. The van der Waals surface area contributed by atoms with E-state index in [1.165, 1.54) is 0 Å². The molecule has 1 amide bonds. The van der Waals surface area contributed by atoms with E-state index in [9.17, 15) is 9.90 Å². The third-order valence-electron chi connectivity index (χ3n) is 2.66. The number of carbonyl (C=O) groups excluding carboxylic acids is 1. The van der Waals surface area contributed by atoms with Gasteiger partial charge in [-0.3, -0.25) is 4.79 Å². The summed E-state index contributed by atoms with van der Waals surface area (Å²) in [4.78, 5) is 11.8. The van der Waals surface area contributed by atoms with Crippen molar-refractivity contribution in [3.63, 3.8) is 0 Å². The molecule has 2 N–H and O–H groups in total. The number of hydrogen-bond acceptors (Lipinski definition) is 3. The maximum absolute atomic E-state index is 11.8. The molecule has 0 spiro atoms. The van der Waals surface area contributed by atoms with E-state index < -0.39 is 0 Å². The zero-order chi connectivity index (χ0) is 13.4. The maximum atomic E-state index is 11.8. The Balaban J connectivity index is 2.35. The van der Waals surface area contributed by atoms with Crippen molar-refractivity contribution in [2.75, 3.05) is 19.8 Å². The highest BCUT2D eigenvalue weighted by molar-refractivity contribution is 5.97. The van der Waals surface area contributed by atoms with E-state index in [0.29, 0.717) is 24.3 Å². The third-order valence-corrected chi connectivity index (χ3v) is 2.66. The highest BCUT2D eigenvalue weighted by Crippen LogP contribution is 2.20. The highest BCUT2D eigenvalue weighted by Gasteiger charge is 2.11. The van der Waals surface area contributed by atoms with Gasteiger partial charge in [0.15, 0.2) is 0 Å². The summed E-state index contributed by atoms with van der Waals surface area (Å²) < 4.78 is 5.34. The number of benzene rings is 1. The molecule has 0 aliphatic carbocycles. The SMILES string of the molecule is CCCCOCCNC(=O)c1cccc(C)c1O. The molecule has 0 saturated carbocycles. The lowest BCUT2D eigenvalue weighted by Gasteiger charge is -2.08. The van der Waals surface area contributed by atoms with Crippen LogP contribution >= 0.6 is 0 Å². The summed E-state index contributed by atoms with van der Waals surface area (Å²) in [5.41, 5.74) is 1.01. The van der Waals surface area contributed by atoms with Gasteiger partial charge in [0.25, 0.3) is 5.91 Å². The number of aromatic hydroxyl groups is 1. The molecule has 0 fully saturated rings. The lowest BCUT2D eigenvalue weighted by molar-refractivity contribution is 0.0910. The fourth-order valence-electron chi connectivity index (χ4n) is 1.52. The van der Waals surface area contributed by atoms with Crippen LogP contribution < -0.4 is 5.32 Å². The number of nitrogens with one attached hydrogen (secondary N) is 1. The largest absolute Gasteiger partial charge is 0.507 e. The van der Waals surface area contributed by atoms with Crippen LogP contribution in [0.1, 0.15) is 35.7 Å². The van der Waals surface area contributed by atoms with Gasteiger partial charge in [-0.25, -0.2) is 0 Å². The molecule has 1 rings (SSSR count). The van der Waals surface area contributed by atoms with Gasteiger partial charge < -0.3 is 15.2 Å². The van der Waals surface area contributed by atoms with Crippen LogP contribution in [0.4, 0.5) is 0 Å². The minimum atomic E-state index is -0.268. The minimum absolute atomic E-state index is 0.0434. The van der Waals surface area contributed by atoms with E-state index in [2.05, 4.69) is 12.2 Å². The van der Waals surface area contributed by atoms with Crippen LogP contribution in [0.2, 0.25) is 0 Å². The zero-order valence-electron chi connectivity index (χ0n) is 11.0. The molecule has 1 aromatic rings. The van der Waals surface area contributed by atoms with Crippen molar-refractivity contribution >= 4 is 5.91 Å². The monoisotopic (exact) mass is 251 g/mol. The summed E-state index contributed by atoms with van der Waals surface area (Å²) >= 11 is 0. The normalized spacial score (nSPS) is 10.3. The van der Waals surface area contributed by atoms with E-state index in [1.807, 2.05) is 0 Å². The van der Waals surface area contributed by atoms with Gasteiger partial charge in [0.2, 0.25) is 0 Å². The Hall–Kier alpha value is -1.55. The van der Waals surface area contributed by atoms with Gasteiger partial charge in [-0.1, -0.05) is 25.5 Å². The topological polar surface area (TPSA) is 58.6 Å². The first-order chi connectivity index (χ1) is 8.66. The van der Waals surface area contributed by atoms with Gasteiger partial charge in [0.05, 0.1) is 12.2 Å². The molecule has 18 heavy (non-hydrogen) atoms. The Bertz CT molecular complexity index is 391. The average Bonchev–Trinajstić information content (AvgIpc) is 2.36. The molecule has 0 bridgehead atoms. The average molecular weight is 251 g/mol. The molecular weight excluding hydrogens is 230 g/mol. The van der Waals surface area contributed by atoms with Crippen LogP contribution in [0, 0.1) is 6.92 Å². The van der Waals surface area contributed by atoms with Crippen LogP contribution in [0.15, 0.2) is 18.2 Å². The van der Waals surface area contributed by atoms with Gasteiger partial charge in [-0.15, -0.1) is 0 Å². The number of aryl methyl sites for hydroxylation is 1. The first-order valence-electron chi connectivity index (χ1n) is 6.31. The third kappa shape index (κ3) is 4.37. The fraction of sp³-hybridized carbons (Fsp3) is 0.500. The van der Waals surface area contributed by atoms with Gasteiger partial charge in [-0.2, -0.15) is 0 Å². The van der Waals surface area contributed by atoms with Crippen molar-refractivity contribution < 1.29 is 14.6 Å². The standard InChI is InChI=1S/C14H21NO3/c1-3-4-9-18-10-8-15-14(17)12-7-5-6-11(2)13(12)16/h5-7,16H,3-4,8-10H2,1-2H3,(H,15,17). The van der Waals surface area contributed by atoms with Crippen molar-refractivity contribution in [1.82, 2.24) is 5.32 Å². The number of ether oxygens (including phenoxy) is 1. The number of phenols is 1. The van der Waals surface area contributed by atoms with Crippen LogP contribution in [-0.2, 0) is 4.74 Å². The lowest BCUT2D eigenvalue weighted by Crippen LogP contribution is -2.27. The number of phenolic OH excluding ortho intramolecular Hbond substituents is 1. The van der Waals surface area contributed by atoms with Crippen molar-refractivity contribution in [2.45, 2.75) is 26.7 Å². The maximum Gasteiger partial charge on any atom is 0.255 e. The first-order valence-corrected chi connectivity index (χ1v) is 6.31. The molecule has 4 nitrogen and oxygen atoms in total. The lowest BCUT2D eigenvalue weighted by atomic mass is 10.1. The number of rotatable bonds is 7. The van der Waals surface area contributed by atoms with Crippen molar-refractivity contribution in [2.24, 2.45) is 0 Å². The molecule has 0 aliphatic rings. The number of unbranched alkanes of at least 4 members (excludes halogenated alkanes) is 1. The van der Waals surface area contributed by atoms with Crippen molar-refractivity contribution in [1.29, 1.82) is 0 Å². The number of amides is 1. The Kier molecular flexibility index (Phi) is 6.22. The van der Waals surface area contributed by atoms with Gasteiger partial charge in [0.1, 0.15) is 5.75 Å². The quantitative estimate of drug-likeness (QED) is 0.731. The zero-order valence-corrected chi connectivity index (χ0v) is 11.0. The summed E-state index contributed by atoms with van der Waals surface area (Å²) in [5, 5.41) is 12.5. The second-order valence-electron chi connectivity index (χ2n) is 4.19. The summed E-state index contributed by atoms with van der Waals surface area (Å²) in [5.74, 6) is -0.225. The van der Waals surface area contributed by atoms with E-state index in [4.69, 9.17) is 4.74 Å². The van der Waals surface area contributed by atoms with Gasteiger partial charge in [0, 0.05) is 13.2 Å². The molecular formula is C14H21NO3. The van der Waals surface area contributed by atoms with Gasteiger partial charge >= 0.3 is 0 Å². The van der Waals surface area contributed by atoms with Crippen LogP contribution in [-0.4, -0.2) is 30.8 Å². The number of hydrogen-bond donors (Lipinski definition) is 2. The molecule has 1 aromatic carbocycles. The Labute approximate surface area is 108 Å². The predicted molar refractivity (Wildman–Crippen MR) is 70.9 cm³/mol. The molecule has 0 unspecified atom stereocenters. The van der Waals surface area contributed by atoms with E-state index in [0.717, 1.165) is 19.4 Å². The minimum Gasteiger partial charge on any atom is -0.507 e.